The van der Waals surface area contributed by atoms with Crippen molar-refractivity contribution in [1.29, 1.82) is 0 Å². The Kier molecular flexibility index (Phi) is 7.48. The van der Waals surface area contributed by atoms with Gasteiger partial charge in [-0.3, -0.25) is 4.79 Å². The zero-order chi connectivity index (χ0) is 21.5. The fourth-order valence-corrected chi connectivity index (χ4v) is 3.78. The van der Waals surface area contributed by atoms with Gasteiger partial charge < -0.3 is 5.11 Å². The Morgan fingerprint density at radius 3 is 2.53 bits per heavy atom. The number of phenols is 1. The number of amides is 1. The monoisotopic (exact) mass is 444 g/mol. The summed E-state index contributed by atoms with van der Waals surface area (Å²) < 4.78 is 2.01. The normalized spacial score (nSPS) is 11.5. The summed E-state index contributed by atoms with van der Waals surface area (Å²) in [5, 5.41) is 22.4. The predicted molar refractivity (Wildman–Crippen MR) is 119 cm³/mol. The van der Waals surface area contributed by atoms with Crippen LogP contribution < -0.4 is 9.99 Å². The van der Waals surface area contributed by atoms with Crippen molar-refractivity contribution in [3.8, 4) is 17.1 Å². The molecule has 0 aliphatic rings. The van der Waals surface area contributed by atoms with E-state index in [4.69, 9.17) is 11.6 Å². The molecule has 0 atom stereocenters. The second-order valence-corrected chi connectivity index (χ2v) is 7.77. The highest BCUT2D eigenvalue weighted by molar-refractivity contribution is 7.99. The Morgan fingerprint density at radius 1 is 1.20 bits per heavy atom. The summed E-state index contributed by atoms with van der Waals surface area (Å²) in [4.78, 5) is 12.3. The molecule has 0 aliphatic carbocycles. The van der Waals surface area contributed by atoms with Crippen molar-refractivity contribution in [2.75, 3.05) is 5.75 Å². The van der Waals surface area contributed by atoms with Crippen LogP contribution in [0.4, 0.5) is 0 Å². The Bertz CT molecular complexity index is 1030. The number of aromatic hydroxyl groups is 1. The van der Waals surface area contributed by atoms with E-state index in [1.807, 2.05) is 42.7 Å². The van der Waals surface area contributed by atoms with Crippen LogP contribution in [-0.2, 0) is 11.3 Å². The van der Waals surface area contributed by atoms with E-state index in [1.165, 1.54) is 11.8 Å². The van der Waals surface area contributed by atoms with E-state index in [1.54, 1.807) is 24.3 Å². The lowest BCUT2D eigenvalue weighted by atomic mass is 10.1. The highest BCUT2D eigenvalue weighted by Gasteiger charge is 2.21. The Hall–Kier alpha value is -2.84. The highest BCUT2D eigenvalue weighted by Crippen LogP contribution is 2.20. The third-order valence-corrected chi connectivity index (χ3v) is 5.60. The molecule has 156 valence electrons. The molecule has 3 aromatic rings. The van der Waals surface area contributed by atoms with Crippen molar-refractivity contribution in [3.63, 3.8) is 0 Å². The standard InChI is InChI=1S/C21H22ClN5O2S/c1-3-18(14-7-11-17(28)12-8-14)23-24-19(29)13-30-21-26-25-20(27(21)4-2)15-5-9-16(22)10-6-15/h5-12H,3-4,13H2,1-2H3,(H2,23,24,28,29)/p+1. The number of nitrogens with zero attached hydrogens (tertiary/aromatic N) is 3. The van der Waals surface area contributed by atoms with Crippen molar-refractivity contribution in [2.24, 2.45) is 5.10 Å². The maximum absolute atomic E-state index is 12.3. The number of hydrazone groups is 1. The summed E-state index contributed by atoms with van der Waals surface area (Å²) in [5.41, 5.74) is 5.16. The summed E-state index contributed by atoms with van der Waals surface area (Å²) >= 11 is 7.30. The van der Waals surface area contributed by atoms with Gasteiger partial charge in [-0.05, 0) is 79.2 Å². The summed E-state index contributed by atoms with van der Waals surface area (Å²) in [6.45, 7) is 4.69. The molecule has 9 heteroatoms. The van der Waals surface area contributed by atoms with Crippen molar-refractivity contribution in [1.82, 2.24) is 15.6 Å². The van der Waals surface area contributed by atoms with Crippen molar-refractivity contribution in [2.45, 2.75) is 32.0 Å². The Morgan fingerprint density at radius 2 is 1.90 bits per heavy atom. The molecule has 0 saturated carbocycles. The van der Waals surface area contributed by atoms with Crippen LogP contribution in [0.3, 0.4) is 0 Å². The first-order valence-corrected chi connectivity index (χ1v) is 10.9. The van der Waals surface area contributed by atoms with Crippen molar-refractivity contribution < 1.29 is 14.5 Å². The number of carbonyl (C=O) groups is 1. The number of carbonyl (C=O) groups excluding carboxylic acids is 1. The smallest absolute Gasteiger partial charge is 0.337 e. The van der Waals surface area contributed by atoms with E-state index < -0.39 is 0 Å². The van der Waals surface area contributed by atoms with E-state index >= 15 is 0 Å². The number of benzene rings is 2. The minimum atomic E-state index is -0.219. The second-order valence-electron chi connectivity index (χ2n) is 6.39. The van der Waals surface area contributed by atoms with Gasteiger partial charge in [-0.25, -0.2) is 9.99 Å². The first kappa shape index (κ1) is 21.9. The number of H-pyrrole nitrogens is 1. The third-order valence-electron chi connectivity index (χ3n) is 4.38. The van der Waals surface area contributed by atoms with Gasteiger partial charge in [0.05, 0.1) is 28.7 Å². The van der Waals surface area contributed by atoms with E-state index in [2.05, 4.69) is 20.7 Å². The molecule has 0 aliphatic heterocycles. The number of rotatable bonds is 8. The SMILES string of the molecule is CCC(=NNC(=O)CSc1n[nH]c(-c2ccc(Cl)cc2)[n+]1CC)c1ccc(O)cc1. The zero-order valence-corrected chi connectivity index (χ0v) is 18.3. The van der Waals surface area contributed by atoms with Gasteiger partial charge in [-0.2, -0.15) is 5.10 Å². The van der Waals surface area contributed by atoms with Crippen LogP contribution in [0.5, 0.6) is 5.75 Å². The van der Waals surface area contributed by atoms with Gasteiger partial charge in [0.1, 0.15) is 5.75 Å². The lowest BCUT2D eigenvalue weighted by Gasteiger charge is -2.05. The number of hydrogen-bond donors (Lipinski definition) is 3. The average molecular weight is 445 g/mol. The average Bonchev–Trinajstić information content (AvgIpc) is 3.17. The lowest BCUT2D eigenvalue weighted by Crippen LogP contribution is -2.36. The van der Waals surface area contributed by atoms with Crippen LogP contribution >= 0.6 is 23.4 Å². The number of phenolic OH excluding ortho intramolecular Hbond substituents is 1. The minimum absolute atomic E-state index is 0.182. The van der Waals surface area contributed by atoms with Crippen molar-refractivity contribution in [3.05, 3.63) is 59.1 Å². The molecular formula is C21H23ClN5O2S+. The number of halogens is 1. The predicted octanol–water partition coefficient (Wildman–Crippen LogP) is 3.77. The first-order valence-electron chi connectivity index (χ1n) is 9.53. The molecule has 1 amide bonds. The topological polar surface area (TPSA) is 94.2 Å². The molecule has 0 radical (unpaired) electrons. The van der Waals surface area contributed by atoms with Gasteiger partial charge >= 0.3 is 5.16 Å². The van der Waals surface area contributed by atoms with Crippen LogP contribution in [0.15, 0.2) is 58.8 Å². The van der Waals surface area contributed by atoms with Crippen LogP contribution in [0.25, 0.3) is 11.4 Å². The maximum Gasteiger partial charge on any atom is 0.337 e. The molecule has 7 nitrogen and oxygen atoms in total. The van der Waals surface area contributed by atoms with E-state index in [0.29, 0.717) is 18.0 Å². The van der Waals surface area contributed by atoms with E-state index in [9.17, 15) is 9.90 Å². The molecule has 1 aromatic heterocycles. The number of aromatic nitrogens is 3. The van der Waals surface area contributed by atoms with E-state index in [0.717, 1.165) is 27.8 Å². The zero-order valence-electron chi connectivity index (χ0n) is 16.7. The van der Waals surface area contributed by atoms with E-state index in [-0.39, 0.29) is 17.4 Å². The minimum Gasteiger partial charge on any atom is -0.508 e. The molecule has 0 bridgehead atoms. The molecule has 1 heterocycles. The molecular weight excluding hydrogens is 422 g/mol. The van der Waals surface area contributed by atoms with Crippen LogP contribution in [0.1, 0.15) is 25.8 Å². The molecule has 0 fully saturated rings. The number of thioether (sulfide) groups is 1. The largest absolute Gasteiger partial charge is 0.508 e. The summed E-state index contributed by atoms with van der Waals surface area (Å²) in [6.07, 6.45) is 0.651. The number of hydrogen-bond acceptors (Lipinski definition) is 5. The van der Waals surface area contributed by atoms with Crippen LogP contribution in [0.2, 0.25) is 5.02 Å². The molecule has 30 heavy (non-hydrogen) atoms. The molecule has 3 N–H and O–H groups in total. The summed E-state index contributed by atoms with van der Waals surface area (Å²) in [5.74, 6) is 1.01. The fourth-order valence-electron chi connectivity index (χ4n) is 2.84. The molecule has 0 unspecified atom stereocenters. The van der Waals surface area contributed by atoms with Gasteiger partial charge in [0.25, 0.3) is 11.7 Å². The summed E-state index contributed by atoms with van der Waals surface area (Å²) in [7, 11) is 0. The molecule has 3 rings (SSSR count). The summed E-state index contributed by atoms with van der Waals surface area (Å²) in [6, 6.07) is 14.2. The third kappa shape index (κ3) is 5.40. The van der Waals surface area contributed by atoms with Gasteiger partial charge in [-0.1, -0.05) is 18.5 Å². The second kappa shape index (κ2) is 10.3. The Balaban J connectivity index is 1.64. The highest BCUT2D eigenvalue weighted by atomic mass is 35.5. The van der Waals surface area contributed by atoms with Gasteiger partial charge in [0.2, 0.25) is 0 Å². The van der Waals surface area contributed by atoms with Gasteiger partial charge in [0.15, 0.2) is 0 Å². The number of nitrogens with one attached hydrogen (secondary N) is 2. The van der Waals surface area contributed by atoms with Gasteiger partial charge in [-0.15, -0.1) is 5.10 Å². The molecule has 0 saturated heterocycles. The maximum atomic E-state index is 12.3. The number of aromatic amines is 1. The van der Waals surface area contributed by atoms with Crippen LogP contribution in [0, 0.1) is 0 Å². The van der Waals surface area contributed by atoms with Gasteiger partial charge in [0, 0.05) is 5.02 Å². The fraction of sp³-hybridized carbons (Fsp3) is 0.238. The Labute approximate surface area is 184 Å². The van der Waals surface area contributed by atoms with Crippen LogP contribution in [-0.4, -0.2) is 32.7 Å². The molecule has 0 spiro atoms. The first-order chi connectivity index (χ1) is 14.5. The molecule has 2 aromatic carbocycles. The van der Waals surface area contributed by atoms with Crippen molar-refractivity contribution >= 4 is 35.0 Å². The quantitative estimate of drug-likeness (QED) is 0.213. The lowest BCUT2D eigenvalue weighted by molar-refractivity contribution is -0.719.